The molecule has 15 heteroatoms. The molecule has 3 heterocycles. The molecule has 7 N–H and O–H groups in total. The summed E-state index contributed by atoms with van der Waals surface area (Å²) in [5.41, 5.74) is -0.604. The van der Waals surface area contributed by atoms with Crippen LogP contribution in [-0.2, 0) is 14.2 Å². The van der Waals surface area contributed by atoms with Crippen molar-refractivity contribution in [3.05, 3.63) is 28.8 Å². The third-order valence-electron chi connectivity index (χ3n) is 19.7. The van der Waals surface area contributed by atoms with Gasteiger partial charge in [0.1, 0.15) is 47.1 Å². The van der Waals surface area contributed by atoms with Gasteiger partial charge < -0.3 is 54.7 Å². The maximum Gasteiger partial charge on any atom is 0.335 e. The number of phenolic OH excluding ortho intramolecular Hbond substituents is 2. The number of hydrogen-bond donors (Lipinski definition) is 7. The zero-order chi connectivity index (χ0) is 47.1. The van der Waals surface area contributed by atoms with Crippen LogP contribution in [0.4, 0.5) is 0 Å². The summed E-state index contributed by atoms with van der Waals surface area (Å²) >= 11 is 0. The van der Waals surface area contributed by atoms with Crippen molar-refractivity contribution < 1.29 is 64.3 Å². The molecule has 370 valence electrons. The summed E-state index contributed by atoms with van der Waals surface area (Å²) in [6, 6.07) is 2.27. The molecule has 3 aliphatic heterocycles. The number of carbonyl (C=O) groups is 2. The first kappa shape index (κ1) is 48.3. The van der Waals surface area contributed by atoms with E-state index in [0.29, 0.717) is 54.1 Å². The van der Waals surface area contributed by atoms with E-state index in [2.05, 4.69) is 0 Å². The lowest BCUT2D eigenvalue weighted by Crippen LogP contribution is -2.69. The number of Topliss-reactive ketones (excluding diaryl/α,β-unsaturated/α-hetero) is 1. The van der Waals surface area contributed by atoms with Gasteiger partial charge in [-0.2, -0.15) is 0 Å². The fraction of sp³-hybridized carbons (Fsp3) is 0.769. The summed E-state index contributed by atoms with van der Waals surface area (Å²) in [5, 5.41) is 78.5. The van der Waals surface area contributed by atoms with Crippen molar-refractivity contribution in [2.75, 3.05) is 38.1 Å². The topological polar surface area (TPSA) is 213 Å². The van der Waals surface area contributed by atoms with Crippen LogP contribution in [0.3, 0.4) is 0 Å². The second kappa shape index (κ2) is 18.1. The molecule has 0 aromatic heterocycles. The van der Waals surface area contributed by atoms with Gasteiger partial charge in [0.05, 0.1) is 29.7 Å². The lowest BCUT2D eigenvalue weighted by atomic mass is 9.50. The third kappa shape index (κ3) is 7.84. The number of ether oxygens (including phenoxy) is 4. The van der Waals surface area contributed by atoms with Crippen LogP contribution in [0.2, 0.25) is 0 Å². The molecule has 67 heavy (non-hydrogen) atoms. The number of carbonyl (C=O) groups excluding carboxylic acids is 1. The van der Waals surface area contributed by atoms with Gasteiger partial charge in [0.15, 0.2) is 5.78 Å². The molecule has 2 aromatic carbocycles. The Morgan fingerprint density at radius 3 is 2.28 bits per heavy atom. The number of aromatic carboxylic acids is 1. The predicted octanol–water partition coefficient (Wildman–Crippen LogP) is 8.67. The van der Waals surface area contributed by atoms with Gasteiger partial charge in [-0.05, 0) is 168 Å². The van der Waals surface area contributed by atoms with Crippen LogP contribution >= 0.6 is 21.6 Å². The Kier molecular flexibility index (Phi) is 13.0. The van der Waals surface area contributed by atoms with E-state index in [-0.39, 0.29) is 68.9 Å². The molecule has 8 fully saturated rings. The number of benzene rings is 2. The molecule has 0 bridgehead atoms. The predicted molar refractivity (Wildman–Crippen MR) is 254 cm³/mol. The van der Waals surface area contributed by atoms with E-state index in [1.807, 2.05) is 0 Å². The molecule has 5 saturated carbocycles. The van der Waals surface area contributed by atoms with Crippen LogP contribution in [0.25, 0.3) is 10.8 Å². The van der Waals surface area contributed by atoms with E-state index in [0.717, 1.165) is 37.1 Å². The number of aromatic hydroxyl groups is 2. The first-order chi connectivity index (χ1) is 32.1. The second-order valence-corrected chi connectivity index (χ2v) is 25.4. The van der Waals surface area contributed by atoms with Gasteiger partial charge in [-0.15, -0.1) is 0 Å². The SMILES string of the molecule is CC(=O)c1c(C)c(O)c2cc(C(=O)O)cc(O[C@@H]3O[C@H](CO)[C@]4(CC[C@@H]5C[C@@]6(CC[C@]7(CCC[C@]78CCC7(CCCC7)C8)C6)C[C@@H]6COC[C@@](CCCO)(CSSCO4)[C@@H]56)[C@H](O)[C@H]3O)c2c1O. The number of aliphatic hydroxyl groups excluding tert-OH is 4. The van der Waals surface area contributed by atoms with Crippen LogP contribution in [0.1, 0.15) is 155 Å². The van der Waals surface area contributed by atoms with Crippen molar-refractivity contribution >= 4 is 44.1 Å². The third-order valence-corrected chi connectivity index (χ3v) is 21.9. The summed E-state index contributed by atoms with van der Waals surface area (Å²) in [6.45, 7) is 3.53. The number of aliphatic hydroxyl groups is 4. The Hall–Kier alpha value is -2.34. The fourth-order valence-electron chi connectivity index (χ4n) is 17.0. The monoisotopic (exact) mass is 968 g/mol. The highest BCUT2D eigenvalue weighted by Crippen LogP contribution is 2.77. The number of carboxylic acid groups (broad SMARTS) is 1. The number of phenols is 2. The van der Waals surface area contributed by atoms with Gasteiger partial charge in [-0.25, -0.2) is 4.79 Å². The van der Waals surface area contributed by atoms with Crippen LogP contribution in [0.15, 0.2) is 12.1 Å². The van der Waals surface area contributed by atoms with E-state index in [1.165, 1.54) is 108 Å². The van der Waals surface area contributed by atoms with Crippen molar-refractivity contribution in [1.29, 1.82) is 0 Å². The van der Waals surface area contributed by atoms with Crippen molar-refractivity contribution in [2.24, 2.45) is 44.8 Å². The molecule has 5 aliphatic carbocycles. The molecule has 0 radical (unpaired) electrons. The maximum atomic E-state index is 12.7. The Bertz CT molecular complexity index is 2230. The number of ketones is 1. The van der Waals surface area contributed by atoms with Gasteiger partial charge in [0.25, 0.3) is 0 Å². The fourth-order valence-corrected chi connectivity index (χ4v) is 19.4. The lowest BCUT2D eigenvalue weighted by molar-refractivity contribution is -0.323. The van der Waals surface area contributed by atoms with Gasteiger partial charge in [0.2, 0.25) is 6.29 Å². The highest BCUT2D eigenvalue weighted by molar-refractivity contribution is 8.76. The summed E-state index contributed by atoms with van der Waals surface area (Å²) in [5.74, 6) is -1.37. The quantitative estimate of drug-likeness (QED) is 0.0749. The average molecular weight is 969 g/mol. The zero-order valence-corrected chi connectivity index (χ0v) is 40.9. The maximum absolute atomic E-state index is 12.7. The Labute approximate surface area is 401 Å². The summed E-state index contributed by atoms with van der Waals surface area (Å²) in [4.78, 5) is 25.0. The molecule has 12 atom stereocenters. The molecule has 8 aliphatic rings. The molecule has 5 spiro atoms. The first-order valence-corrected chi connectivity index (χ1v) is 27.7. The Morgan fingerprint density at radius 2 is 1.58 bits per heavy atom. The zero-order valence-electron chi connectivity index (χ0n) is 39.3. The van der Waals surface area contributed by atoms with E-state index >= 15 is 0 Å². The largest absolute Gasteiger partial charge is 0.507 e. The van der Waals surface area contributed by atoms with Gasteiger partial charge in [0, 0.05) is 35.3 Å². The minimum atomic E-state index is -1.78. The van der Waals surface area contributed by atoms with Crippen molar-refractivity contribution in [2.45, 2.75) is 166 Å². The normalized spacial score (nSPS) is 40.5. The molecule has 13 nitrogen and oxygen atoms in total. The lowest BCUT2D eigenvalue weighted by Gasteiger charge is -2.58. The van der Waals surface area contributed by atoms with Crippen LogP contribution in [0, 0.1) is 51.8 Å². The molecule has 2 aromatic rings. The number of hydrogen-bond acceptors (Lipinski definition) is 14. The van der Waals surface area contributed by atoms with Crippen LogP contribution < -0.4 is 4.74 Å². The minimum absolute atomic E-state index is 0.0557. The molecule has 3 saturated heterocycles. The highest BCUT2D eigenvalue weighted by atomic mass is 33.1. The Balaban J connectivity index is 0.975. The van der Waals surface area contributed by atoms with Crippen molar-refractivity contribution in [3.8, 4) is 17.2 Å². The summed E-state index contributed by atoms with van der Waals surface area (Å²) in [6.07, 6.45) is 16.0. The average Bonchev–Trinajstić information content (AvgIpc) is 4.09. The smallest absolute Gasteiger partial charge is 0.335 e. The number of fused-ring (bicyclic) bond motifs is 2. The van der Waals surface area contributed by atoms with Crippen molar-refractivity contribution in [1.82, 2.24) is 0 Å². The van der Waals surface area contributed by atoms with Crippen molar-refractivity contribution in [3.63, 3.8) is 0 Å². The highest BCUT2D eigenvalue weighted by Gasteiger charge is 2.67. The standard InChI is InChI=1S/C52H72O13S2/c1-30-38(31(2)55)42(57)39-35(41(30)56)19-33(45(60)61)20-36(39)64-46-43(58)44(59)52(37(23-54)65-46)13-7-32-21-48(22-34-24-62-27-49(40(32)34,10-6-18-53)28-66-67-29-63-52)15-17-51(26-48)12-5-11-50(51)16-14-47(25-50)8-3-4-9-47/h19-20,32,34,37,40,43-44,46,53-54,56-59H,3-18,21-29H2,1-2H3,(H,60,61)/t32-,34-,37-,40+,43-,44-,46-,48+,49+,50-,51-,52-/m1/s1. The van der Waals surface area contributed by atoms with Crippen LogP contribution in [0.5, 0.6) is 17.2 Å². The van der Waals surface area contributed by atoms with Gasteiger partial charge >= 0.3 is 5.97 Å². The molecule has 0 unspecified atom stereocenters. The van der Waals surface area contributed by atoms with Gasteiger partial charge in [-0.1, -0.05) is 40.9 Å². The molecular formula is C52H72O13S2. The molecular weight excluding hydrogens is 897 g/mol. The first-order valence-electron chi connectivity index (χ1n) is 25.2. The van der Waals surface area contributed by atoms with E-state index in [1.54, 1.807) is 10.8 Å². The molecule has 0 amide bonds. The second-order valence-electron chi connectivity index (χ2n) is 23.0. The Morgan fingerprint density at radius 1 is 0.866 bits per heavy atom. The number of rotatable bonds is 8. The van der Waals surface area contributed by atoms with E-state index in [4.69, 9.17) is 18.9 Å². The van der Waals surface area contributed by atoms with E-state index < -0.39 is 60.1 Å². The summed E-state index contributed by atoms with van der Waals surface area (Å²) in [7, 11) is 3.22. The van der Waals surface area contributed by atoms with Gasteiger partial charge in [-0.3, -0.25) is 4.79 Å². The minimum Gasteiger partial charge on any atom is -0.507 e. The number of carboxylic acids is 1. The van der Waals surface area contributed by atoms with E-state index in [9.17, 15) is 45.3 Å². The van der Waals surface area contributed by atoms with Crippen LogP contribution in [-0.4, -0.2) is 116 Å². The molecule has 10 rings (SSSR count). The summed E-state index contributed by atoms with van der Waals surface area (Å²) < 4.78 is 26.1.